The number of hydrogen-bond donors (Lipinski definition) is 3. The molecule has 0 fully saturated rings. The Bertz CT molecular complexity index is 556. The van der Waals surface area contributed by atoms with Gasteiger partial charge in [0.15, 0.2) is 5.96 Å². The van der Waals surface area contributed by atoms with E-state index in [1.165, 1.54) is 33.3 Å². The van der Waals surface area contributed by atoms with Gasteiger partial charge in [0.25, 0.3) is 0 Å². The minimum Gasteiger partial charge on any atom is -0.494 e. The number of hydrogen-bond acceptors (Lipinski definition) is 5. The summed E-state index contributed by atoms with van der Waals surface area (Å²) in [5, 5.41) is 2.42. The van der Waals surface area contributed by atoms with E-state index in [0.29, 0.717) is 0 Å². The second kappa shape index (κ2) is 6.98. The number of urea groups is 1. The Balaban J connectivity index is 3.20. The first-order valence-corrected chi connectivity index (χ1v) is 5.72. The Morgan fingerprint density at radius 2 is 1.67 bits per heavy atom. The van der Waals surface area contributed by atoms with Crippen LogP contribution in [0.25, 0.3) is 0 Å². The van der Waals surface area contributed by atoms with Gasteiger partial charge < -0.3 is 25.7 Å². The average molecular weight is 296 g/mol. The molecule has 0 heterocycles. The van der Waals surface area contributed by atoms with E-state index < -0.39 is 12.0 Å². The van der Waals surface area contributed by atoms with Crippen molar-refractivity contribution in [3.05, 3.63) is 12.1 Å². The van der Waals surface area contributed by atoms with Gasteiger partial charge in [-0.15, -0.1) is 0 Å². The van der Waals surface area contributed by atoms with E-state index in [9.17, 15) is 9.59 Å². The van der Waals surface area contributed by atoms with Crippen LogP contribution in [-0.2, 0) is 4.79 Å². The molecule has 0 bridgehead atoms. The van der Waals surface area contributed by atoms with Crippen molar-refractivity contribution in [2.45, 2.75) is 6.92 Å². The highest BCUT2D eigenvalue weighted by Crippen LogP contribution is 2.39. The fourth-order valence-corrected chi connectivity index (χ4v) is 1.49. The summed E-state index contributed by atoms with van der Waals surface area (Å²) >= 11 is 0. The largest absolute Gasteiger partial charge is 0.494 e. The van der Waals surface area contributed by atoms with E-state index in [-0.39, 0.29) is 28.9 Å². The molecule has 0 saturated carbocycles. The highest BCUT2D eigenvalue weighted by atomic mass is 16.5. The van der Waals surface area contributed by atoms with Crippen molar-refractivity contribution in [3.63, 3.8) is 0 Å². The fourth-order valence-electron chi connectivity index (χ4n) is 1.49. The number of esters is 1. The third-order valence-corrected chi connectivity index (χ3v) is 2.20. The molecule has 0 radical (unpaired) electrons. The molecule has 0 spiro atoms. The number of nitrogens with two attached hydrogens (primary N) is 2. The third kappa shape index (κ3) is 4.56. The molecule has 0 saturated heterocycles. The van der Waals surface area contributed by atoms with Crippen LogP contribution in [0.2, 0.25) is 0 Å². The SMILES string of the molecule is COc1cc(OC(C)=O)cc(OC)c1NC(=O)N=C(N)N. The number of amides is 2. The van der Waals surface area contributed by atoms with Gasteiger partial charge in [-0.25, -0.2) is 4.79 Å². The number of nitrogens with zero attached hydrogens (tertiary/aromatic N) is 1. The summed E-state index contributed by atoms with van der Waals surface area (Å²) in [6.07, 6.45) is 0. The normalized spacial score (nSPS) is 9.48. The van der Waals surface area contributed by atoms with Gasteiger partial charge in [0.05, 0.1) is 14.2 Å². The number of aliphatic imine (C=N–C) groups is 1. The number of ether oxygens (including phenoxy) is 3. The van der Waals surface area contributed by atoms with Gasteiger partial charge >= 0.3 is 12.0 Å². The minimum absolute atomic E-state index is 0.200. The van der Waals surface area contributed by atoms with Crippen LogP contribution in [0.4, 0.5) is 10.5 Å². The Morgan fingerprint density at radius 1 is 1.14 bits per heavy atom. The Labute approximate surface area is 120 Å². The smallest absolute Gasteiger partial charge is 0.348 e. The van der Waals surface area contributed by atoms with E-state index in [1.807, 2.05) is 0 Å². The van der Waals surface area contributed by atoms with Crippen molar-refractivity contribution in [2.75, 3.05) is 19.5 Å². The molecule has 5 N–H and O–H groups in total. The highest BCUT2D eigenvalue weighted by Gasteiger charge is 2.16. The molecule has 21 heavy (non-hydrogen) atoms. The lowest BCUT2D eigenvalue weighted by atomic mass is 10.2. The van der Waals surface area contributed by atoms with Crippen molar-refractivity contribution in [1.29, 1.82) is 0 Å². The predicted molar refractivity (Wildman–Crippen MR) is 75.7 cm³/mol. The molecule has 9 heteroatoms. The van der Waals surface area contributed by atoms with Crippen LogP contribution < -0.4 is 31.0 Å². The first kappa shape index (κ1) is 16.1. The van der Waals surface area contributed by atoms with Crippen LogP contribution in [0.1, 0.15) is 6.92 Å². The molecule has 0 atom stereocenters. The van der Waals surface area contributed by atoms with Gasteiger partial charge in [0.1, 0.15) is 22.9 Å². The maximum Gasteiger partial charge on any atom is 0.348 e. The van der Waals surface area contributed by atoms with Gasteiger partial charge in [-0.2, -0.15) is 4.99 Å². The van der Waals surface area contributed by atoms with Gasteiger partial charge in [0, 0.05) is 19.1 Å². The molecule has 1 aromatic carbocycles. The zero-order valence-electron chi connectivity index (χ0n) is 11.8. The summed E-state index contributed by atoms with van der Waals surface area (Å²) in [6, 6.07) is 2.02. The number of rotatable bonds is 4. The number of benzene rings is 1. The maximum absolute atomic E-state index is 11.6. The van der Waals surface area contributed by atoms with E-state index in [0.717, 1.165) is 0 Å². The molecule has 0 aliphatic carbocycles. The number of methoxy groups -OCH3 is 2. The van der Waals surface area contributed by atoms with Crippen molar-refractivity contribution in [1.82, 2.24) is 0 Å². The molecule has 2 amide bonds. The average Bonchev–Trinajstić information content (AvgIpc) is 2.38. The summed E-state index contributed by atoms with van der Waals surface area (Å²) < 4.78 is 15.2. The van der Waals surface area contributed by atoms with Gasteiger partial charge in [0.2, 0.25) is 0 Å². The lowest BCUT2D eigenvalue weighted by molar-refractivity contribution is -0.131. The summed E-state index contributed by atoms with van der Waals surface area (Å²) in [5.41, 5.74) is 10.4. The van der Waals surface area contributed by atoms with Crippen LogP contribution in [0.15, 0.2) is 17.1 Å². The Kier molecular flexibility index (Phi) is 5.35. The molecular weight excluding hydrogens is 280 g/mol. The van der Waals surface area contributed by atoms with E-state index >= 15 is 0 Å². The highest BCUT2D eigenvalue weighted by molar-refractivity contribution is 6.00. The van der Waals surface area contributed by atoms with E-state index in [1.54, 1.807) is 0 Å². The monoisotopic (exact) mass is 296 g/mol. The number of anilines is 1. The summed E-state index contributed by atoms with van der Waals surface area (Å²) in [6.45, 7) is 1.26. The third-order valence-electron chi connectivity index (χ3n) is 2.20. The first-order chi connectivity index (χ1) is 9.87. The molecule has 9 nitrogen and oxygen atoms in total. The molecule has 0 unspecified atom stereocenters. The zero-order valence-corrected chi connectivity index (χ0v) is 11.8. The van der Waals surface area contributed by atoms with Crippen LogP contribution >= 0.6 is 0 Å². The quantitative estimate of drug-likeness (QED) is 0.317. The summed E-state index contributed by atoms with van der Waals surface area (Å²) in [7, 11) is 2.76. The molecule has 0 aromatic heterocycles. The Morgan fingerprint density at radius 3 is 2.05 bits per heavy atom. The van der Waals surface area contributed by atoms with Crippen LogP contribution in [0.5, 0.6) is 17.2 Å². The van der Waals surface area contributed by atoms with E-state index in [2.05, 4.69) is 10.3 Å². The van der Waals surface area contributed by atoms with Crippen LogP contribution in [-0.4, -0.2) is 32.2 Å². The lowest BCUT2D eigenvalue weighted by Gasteiger charge is -2.14. The van der Waals surface area contributed by atoms with Crippen molar-refractivity contribution >= 4 is 23.6 Å². The molecule has 114 valence electrons. The predicted octanol–water partition coefficient (Wildman–Crippen LogP) is 0.434. The number of nitrogens with one attached hydrogen (secondary N) is 1. The maximum atomic E-state index is 11.6. The van der Waals surface area contributed by atoms with Crippen molar-refractivity contribution in [3.8, 4) is 17.2 Å². The molecule has 0 aliphatic heterocycles. The second-order valence-corrected chi connectivity index (χ2v) is 3.76. The summed E-state index contributed by atoms with van der Waals surface area (Å²) in [5.74, 6) is -0.260. The molecule has 1 aromatic rings. The van der Waals surface area contributed by atoms with Gasteiger partial charge in [-0.3, -0.25) is 10.1 Å². The first-order valence-electron chi connectivity index (χ1n) is 5.72. The van der Waals surface area contributed by atoms with Crippen LogP contribution in [0.3, 0.4) is 0 Å². The summed E-state index contributed by atoms with van der Waals surface area (Å²) in [4.78, 5) is 25.9. The number of guanidine groups is 1. The van der Waals surface area contributed by atoms with Crippen molar-refractivity contribution in [2.24, 2.45) is 16.5 Å². The lowest BCUT2D eigenvalue weighted by Crippen LogP contribution is -2.25. The number of carbonyl (C=O) groups is 2. The topological polar surface area (TPSA) is 138 Å². The van der Waals surface area contributed by atoms with Crippen molar-refractivity contribution < 1.29 is 23.8 Å². The minimum atomic E-state index is -0.799. The molecule has 0 aliphatic rings. The fraction of sp³-hybridized carbons (Fsp3) is 0.250. The second-order valence-electron chi connectivity index (χ2n) is 3.76. The zero-order chi connectivity index (χ0) is 16.0. The molecule has 1 rings (SSSR count). The van der Waals surface area contributed by atoms with Crippen LogP contribution in [0, 0.1) is 0 Å². The Hall–Kier alpha value is -2.97. The van der Waals surface area contributed by atoms with Gasteiger partial charge in [-0.05, 0) is 0 Å². The van der Waals surface area contributed by atoms with E-state index in [4.69, 9.17) is 25.7 Å². The standard InChI is InChI=1S/C12H16N4O5/c1-6(17)21-7-4-8(19-2)10(9(5-7)20-3)15-12(18)16-11(13)14/h4-5H,1-3H3,(H5,13,14,15,16,18). The van der Waals surface area contributed by atoms with Gasteiger partial charge in [-0.1, -0.05) is 0 Å². The number of carbonyl (C=O) groups excluding carboxylic acids is 2. The molecular formula is C12H16N4O5.